The van der Waals surface area contributed by atoms with Crippen LogP contribution in [0.1, 0.15) is 44.7 Å². The van der Waals surface area contributed by atoms with E-state index in [1.165, 1.54) is 45.0 Å². The lowest BCUT2D eigenvalue weighted by Gasteiger charge is -2.29. The summed E-state index contributed by atoms with van der Waals surface area (Å²) in [5, 5.41) is 3.52. The highest BCUT2D eigenvalue weighted by Gasteiger charge is 2.14. The molecule has 1 aromatic rings. The van der Waals surface area contributed by atoms with E-state index in [0.717, 1.165) is 12.1 Å². The van der Waals surface area contributed by atoms with Crippen molar-refractivity contribution in [2.75, 3.05) is 26.2 Å². The first kappa shape index (κ1) is 15.5. The Bertz CT molecular complexity index is 402. The van der Waals surface area contributed by atoms with Crippen molar-refractivity contribution in [3.8, 4) is 0 Å². The molecule has 2 atom stereocenters. The molecule has 0 spiro atoms. The predicted octanol–water partition coefficient (Wildman–Crippen LogP) is 3.60. The van der Waals surface area contributed by atoms with Gasteiger partial charge in [-0.25, -0.2) is 4.39 Å². The Balaban J connectivity index is 1.73. The van der Waals surface area contributed by atoms with Crippen LogP contribution >= 0.6 is 0 Å². The van der Waals surface area contributed by atoms with Gasteiger partial charge in [-0.3, -0.25) is 0 Å². The lowest BCUT2D eigenvalue weighted by atomic mass is 10.1. The van der Waals surface area contributed by atoms with Crippen LogP contribution in [0.2, 0.25) is 0 Å². The van der Waals surface area contributed by atoms with Crippen molar-refractivity contribution in [1.82, 2.24) is 10.2 Å². The summed E-state index contributed by atoms with van der Waals surface area (Å²) < 4.78 is 13.2. The highest BCUT2D eigenvalue weighted by Crippen LogP contribution is 2.15. The number of rotatable bonds is 6. The second-order valence-electron chi connectivity index (χ2n) is 6.15. The van der Waals surface area contributed by atoms with Crippen LogP contribution in [0.4, 0.5) is 4.39 Å². The molecule has 3 heteroatoms. The summed E-state index contributed by atoms with van der Waals surface area (Å²) in [6.45, 7) is 9.05. The molecule has 2 rings (SSSR count). The molecule has 2 nitrogen and oxygen atoms in total. The molecule has 0 aromatic heterocycles. The van der Waals surface area contributed by atoms with Crippen LogP contribution < -0.4 is 5.32 Å². The number of nitrogens with zero attached hydrogens (tertiary/aromatic N) is 1. The van der Waals surface area contributed by atoms with Crippen LogP contribution in [0.15, 0.2) is 24.3 Å². The van der Waals surface area contributed by atoms with Crippen molar-refractivity contribution in [2.24, 2.45) is 5.92 Å². The molecule has 20 heavy (non-hydrogen) atoms. The second kappa shape index (κ2) is 7.75. The fourth-order valence-electron chi connectivity index (χ4n) is 2.92. The number of nitrogens with one attached hydrogen (secondary N) is 1. The monoisotopic (exact) mass is 278 g/mol. The Hall–Kier alpha value is -0.930. The summed E-state index contributed by atoms with van der Waals surface area (Å²) in [5.41, 5.74) is 1.02. The van der Waals surface area contributed by atoms with Gasteiger partial charge in [0.1, 0.15) is 5.82 Å². The van der Waals surface area contributed by atoms with Gasteiger partial charge in [0.25, 0.3) is 0 Å². The van der Waals surface area contributed by atoms with E-state index in [9.17, 15) is 4.39 Å². The van der Waals surface area contributed by atoms with Gasteiger partial charge in [-0.2, -0.15) is 0 Å². The summed E-state index contributed by atoms with van der Waals surface area (Å²) >= 11 is 0. The molecule has 1 fully saturated rings. The number of hydrogen-bond acceptors (Lipinski definition) is 2. The first-order valence-electron chi connectivity index (χ1n) is 7.86. The molecule has 2 unspecified atom stereocenters. The van der Waals surface area contributed by atoms with E-state index in [2.05, 4.69) is 24.1 Å². The first-order chi connectivity index (χ1) is 9.65. The molecule has 1 aromatic carbocycles. The van der Waals surface area contributed by atoms with E-state index >= 15 is 0 Å². The van der Waals surface area contributed by atoms with E-state index in [1.54, 1.807) is 12.1 Å². The quantitative estimate of drug-likeness (QED) is 0.855. The Morgan fingerprint density at radius 2 is 1.95 bits per heavy atom. The maximum atomic E-state index is 13.2. The van der Waals surface area contributed by atoms with Gasteiger partial charge in [-0.15, -0.1) is 0 Å². The maximum absolute atomic E-state index is 13.2. The Morgan fingerprint density at radius 1 is 1.20 bits per heavy atom. The number of piperidine rings is 1. The Labute approximate surface area is 122 Å². The summed E-state index contributed by atoms with van der Waals surface area (Å²) in [4.78, 5) is 2.57. The van der Waals surface area contributed by atoms with E-state index in [4.69, 9.17) is 0 Å². The fraction of sp³-hybridized carbons (Fsp3) is 0.647. The van der Waals surface area contributed by atoms with Crippen molar-refractivity contribution in [3.63, 3.8) is 0 Å². The van der Waals surface area contributed by atoms with Crippen molar-refractivity contribution in [3.05, 3.63) is 35.6 Å². The lowest BCUT2D eigenvalue weighted by molar-refractivity contribution is 0.197. The third-order valence-corrected chi connectivity index (χ3v) is 4.14. The molecule has 0 amide bonds. The van der Waals surface area contributed by atoms with Crippen LogP contribution in [0.25, 0.3) is 0 Å². The molecule has 0 bridgehead atoms. The minimum absolute atomic E-state index is 0.155. The summed E-state index contributed by atoms with van der Waals surface area (Å²) in [6, 6.07) is 7.08. The van der Waals surface area contributed by atoms with Crippen LogP contribution in [0.5, 0.6) is 0 Å². The highest BCUT2D eigenvalue weighted by molar-refractivity contribution is 5.19. The van der Waals surface area contributed by atoms with Gasteiger partial charge in [0.15, 0.2) is 0 Å². The van der Waals surface area contributed by atoms with Gasteiger partial charge in [0.05, 0.1) is 0 Å². The van der Waals surface area contributed by atoms with Crippen molar-refractivity contribution >= 4 is 0 Å². The summed E-state index contributed by atoms with van der Waals surface area (Å²) in [5.74, 6) is 0.474. The molecular formula is C17H27FN2. The van der Waals surface area contributed by atoms with E-state index < -0.39 is 0 Å². The van der Waals surface area contributed by atoms with Crippen molar-refractivity contribution < 1.29 is 4.39 Å². The van der Waals surface area contributed by atoms with Gasteiger partial charge >= 0.3 is 0 Å². The maximum Gasteiger partial charge on any atom is 0.123 e. The average molecular weight is 278 g/mol. The fourth-order valence-corrected chi connectivity index (χ4v) is 2.92. The van der Waals surface area contributed by atoms with Crippen LogP contribution in [-0.2, 0) is 0 Å². The first-order valence-corrected chi connectivity index (χ1v) is 7.86. The molecule has 0 radical (unpaired) electrons. The van der Waals surface area contributed by atoms with Crippen molar-refractivity contribution in [2.45, 2.75) is 39.2 Å². The molecule has 112 valence electrons. The molecule has 1 N–H and O–H groups in total. The van der Waals surface area contributed by atoms with E-state index in [-0.39, 0.29) is 11.9 Å². The number of halogens is 1. The Morgan fingerprint density at radius 3 is 2.65 bits per heavy atom. The molecule has 1 saturated heterocycles. The number of benzene rings is 1. The van der Waals surface area contributed by atoms with Gasteiger partial charge in [-0.05, 0) is 63.0 Å². The molecule has 1 aliphatic rings. The number of hydrogen-bond donors (Lipinski definition) is 1. The summed E-state index contributed by atoms with van der Waals surface area (Å²) in [6.07, 6.45) is 4.08. The van der Waals surface area contributed by atoms with Gasteiger partial charge in [0, 0.05) is 12.6 Å². The van der Waals surface area contributed by atoms with Gasteiger partial charge < -0.3 is 10.2 Å². The minimum atomic E-state index is -0.155. The molecular weight excluding hydrogens is 251 g/mol. The zero-order chi connectivity index (χ0) is 14.4. The zero-order valence-electron chi connectivity index (χ0n) is 12.7. The minimum Gasteiger partial charge on any atom is -0.310 e. The van der Waals surface area contributed by atoms with E-state index in [0.29, 0.717) is 5.92 Å². The van der Waals surface area contributed by atoms with Gasteiger partial charge in [0.2, 0.25) is 0 Å². The SMILES string of the molecule is CC(CNC(C)c1cccc(F)c1)CN1CCCCC1. The van der Waals surface area contributed by atoms with Crippen molar-refractivity contribution in [1.29, 1.82) is 0 Å². The normalized spacial score (nSPS) is 19.8. The molecule has 0 aliphatic carbocycles. The smallest absolute Gasteiger partial charge is 0.123 e. The van der Waals surface area contributed by atoms with Crippen LogP contribution in [0.3, 0.4) is 0 Å². The largest absolute Gasteiger partial charge is 0.310 e. The molecule has 1 heterocycles. The molecule has 1 aliphatic heterocycles. The standard InChI is InChI=1S/C17H27FN2/c1-14(13-20-9-4-3-5-10-20)12-19-15(2)16-7-6-8-17(18)11-16/h6-8,11,14-15,19H,3-5,9-10,12-13H2,1-2H3. The predicted molar refractivity (Wildman–Crippen MR) is 82.3 cm³/mol. The zero-order valence-corrected chi connectivity index (χ0v) is 12.7. The average Bonchev–Trinajstić information content (AvgIpc) is 2.46. The van der Waals surface area contributed by atoms with E-state index in [1.807, 2.05) is 6.07 Å². The highest BCUT2D eigenvalue weighted by atomic mass is 19.1. The Kier molecular flexibility index (Phi) is 5.99. The number of likely N-dealkylation sites (tertiary alicyclic amines) is 1. The second-order valence-corrected chi connectivity index (χ2v) is 6.15. The third-order valence-electron chi connectivity index (χ3n) is 4.14. The van der Waals surface area contributed by atoms with Crippen LogP contribution in [0, 0.1) is 11.7 Å². The summed E-state index contributed by atoms with van der Waals surface area (Å²) in [7, 11) is 0. The third kappa shape index (κ3) is 4.88. The lowest BCUT2D eigenvalue weighted by Crippen LogP contribution is -2.37. The van der Waals surface area contributed by atoms with Crippen LogP contribution in [-0.4, -0.2) is 31.1 Å². The molecule has 0 saturated carbocycles. The topological polar surface area (TPSA) is 15.3 Å². The van der Waals surface area contributed by atoms with Gasteiger partial charge in [-0.1, -0.05) is 25.5 Å².